The fourth-order valence-electron chi connectivity index (χ4n) is 10.4. The first-order chi connectivity index (χ1) is 46.3. The molecule has 1 aliphatic rings. The lowest BCUT2D eigenvalue weighted by Crippen LogP contribution is -2.61. The highest BCUT2D eigenvalue weighted by Gasteiger charge is 2.41. The summed E-state index contributed by atoms with van der Waals surface area (Å²) in [5.41, 5.74) is 18.5. The minimum Gasteiger partial charge on any atom is -0.481 e. The molecule has 1 saturated heterocycles. The predicted octanol–water partition coefficient (Wildman–Crippen LogP) is -4.63. The molecule has 0 spiro atoms. The molecule has 0 bridgehead atoms. The van der Waals surface area contributed by atoms with Crippen molar-refractivity contribution in [2.75, 3.05) is 39.8 Å². The number of carboxylic acid groups (broad SMARTS) is 1. The number of amides is 14. The number of aliphatic hydroxyl groups is 1. The van der Waals surface area contributed by atoms with E-state index in [0.717, 1.165) is 5.56 Å². The standard InChI is InChI=1S/C65H100N16O17/c1-9-37(6)54(64(97)73-42(23-16-17-25-66)57(90)75-43(27-35(2)3)59(92)78-47(34-82)56(89)70-32-50(84)69-8)79-51(85)33-71-63(96)53(36(4)5)80-61(94)46(31-52(86)87)76-60(93)44(29-40-21-14-11-15-22-40)77-62(95)48-24-18-26-81(48)65(98)38(7)72-58(91)45(30-49(68)83)74-55(88)41(67)28-39-19-12-10-13-20-39/h10-15,19-22,35-38,41-48,53-54,82H,9,16-18,23-34,66-67H2,1-8H3,(H2,68,83)(H,69,84)(H,70,89)(H,71,96)(H,72,91)(H,73,97)(H,74,88)(H,75,90)(H,76,93)(H,77,95)(H,78,92)(H,79,85)(H,80,94)(H,86,87)/t37-,38-,41-,42-,43-,44-,45-,46-,47-,48?,53-,54-/m0/s1. The van der Waals surface area contributed by atoms with Gasteiger partial charge < -0.3 is 96.1 Å². The van der Waals surface area contributed by atoms with E-state index in [1.54, 1.807) is 88.4 Å². The number of nitrogens with zero attached hydrogens (tertiary/aromatic N) is 1. The number of carboxylic acids is 1. The van der Waals surface area contributed by atoms with Gasteiger partial charge in [0.15, 0.2) is 0 Å². The summed E-state index contributed by atoms with van der Waals surface area (Å²) in [7, 11) is 1.35. The Kier molecular flexibility index (Phi) is 35.5. The molecular weight excluding hydrogens is 1280 g/mol. The molecule has 33 nitrogen and oxygen atoms in total. The Bertz CT molecular complexity index is 3070. The van der Waals surface area contributed by atoms with Gasteiger partial charge in [-0.3, -0.25) is 71.9 Å². The smallest absolute Gasteiger partial charge is 0.305 e. The van der Waals surface area contributed by atoms with Crippen LogP contribution in [0.4, 0.5) is 0 Å². The van der Waals surface area contributed by atoms with Crippen molar-refractivity contribution in [2.45, 2.75) is 186 Å². The second-order valence-electron chi connectivity index (χ2n) is 24.9. The summed E-state index contributed by atoms with van der Waals surface area (Å²) in [6.45, 7) is 9.53. The molecule has 1 fully saturated rings. The van der Waals surface area contributed by atoms with Crippen LogP contribution in [0.2, 0.25) is 0 Å². The SMILES string of the molecule is CC[C@H](C)[C@H](NC(=O)CNC(=O)[C@@H](NC(=O)[C@H](CC(=O)O)NC(=O)[C@H](Cc1ccccc1)NC(=O)C1CCCN1C(=O)[C@H](C)NC(=O)[C@H](CC(N)=O)NC(=O)[C@@H](N)Cc1ccccc1)C(C)C)C(=O)N[C@@H](CCCCN)C(=O)N[C@@H](CC(C)C)C(=O)N[C@@H](CO)C(=O)NCC(=O)NC. The first kappa shape index (κ1) is 82.6. The highest BCUT2D eigenvalue weighted by molar-refractivity contribution is 6.00. The Morgan fingerprint density at radius 2 is 1.08 bits per heavy atom. The molecule has 14 amide bonds. The third-order valence-corrected chi connectivity index (χ3v) is 16.1. The molecule has 0 radical (unpaired) electrons. The molecule has 0 aliphatic carbocycles. The van der Waals surface area contributed by atoms with E-state index in [1.165, 1.54) is 32.7 Å². The van der Waals surface area contributed by atoms with E-state index in [9.17, 15) is 82.1 Å². The van der Waals surface area contributed by atoms with Crippen molar-refractivity contribution in [1.29, 1.82) is 0 Å². The van der Waals surface area contributed by atoms with E-state index in [1.807, 2.05) is 0 Å². The summed E-state index contributed by atoms with van der Waals surface area (Å²) in [6, 6.07) is 1.65. The second kappa shape index (κ2) is 42.1. The van der Waals surface area contributed by atoms with Crippen molar-refractivity contribution in [1.82, 2.24) is 68.7 Å². The van der Waals surface area contributed by atoms with E-state index in [0.29, 0.717) is 31.2 Å². The fraction of sp³-hybridized carbons (Fsp3) is 0.585. The van der Waals surface area contributed by atoms with Crippen molar-refractivity contribution in [3.05, 3.63) is 71.8 Å². The van der Waals surface area contributed by atoms with Crippen molar-refractivity contribution >= 4 is 88.7 Å². The Morgan fingerprint density at radius 1 is 0.561 bits per heavy atom. The average Bonchev–Trinajstić information content (AvgIpc) is 1.60. The average molecular weight is 1380 g/mol. The number of benzene rings is 2. The lowest BCUT2D eigenvalue weighted by atomic mass is 9.97. The number of carbonyl (C=O) groups is 15. The number of likely N-dealkylation sites (N-methyl/N-ethyl adjacent to an activating group) is 1. The summed E-state index contributed by atoms with van der Waals surface area (Å²) in [6.07, 6.45) is -0.180. The second-order valence-corrected chi connectivity index (χ2v) is 24.9. The minimum absolute atomic E-state index is 0.0310. The number of hydrogen-bond acceptors (Lipinski definition) is 18. The van der Waals surface area contributed by atoms with Crippen LogP contribution in [0.3, 0.4) is 0 Å². The van der Waals surface area contributed by atoms with Crippen LogP contribution < -0.4 is 81.0 Å². The zero-order valence-corrected chi connectivity index (χ0v) is 56.9. The number of nitrogens with one attached hydrogen (secondary N) is 12. The molecule has 0 aromatic heterocycles. The molecule has 2 aromatic carbocycles. The zero-order valence-electron chi connectivity index (χ0n) is 56.9. The number of hydrogen-bond donors (Lipinski definition) is 17. The van der Waals surface area contributed by atoms with Gasteiger partial charge in [-0.05, 0) is 87.3 Å². The molecule has 3 rings (SSSR count). The monoisotopic (exact) mass is 1380 g/mol. The molecule has 0 saturated carbocycles. The minimum atomic E-state index is -1.88. The van der Waals surface area contributed by atoms with Gasteiger partial charge in [-0.25, -0.2) is 0 Å². The zero-order chi connectivity index (χ0) is 73.3. The predicted molar refractivity (Wildman–Crippen MR) is 356 cm³/mol. The van der Waals surface area contributed by atoms with Gasteiger partial charge in [-0.1, -0.05) is 109 Å². The van der Waals surface area contributed by atoms with Crippen LogP contribution in [0, 0.1) is 17.8 Å². The van der Waals surface area contributed by atoms with Gasteiger partial charge in [0.25, 0.3) is 0 Å². The quantitative estimate of drug-likeness (QED) is 0.0278. The van der Waals surface area contributed by atoms with Gasteiger partial charge in [0, 0.05) is 20.0 Å². The topological polar surface area (TPSA) is 522 Å². The lowest BCUT2D eigenvalue weighted by Gasteiger charge is -2.30. The molecule has 12 atom stereocenters. The first-order valence-corrected chi connectivity index (χ1v) is 32.8. The number of likely N-dealkylation sites (tertiary alicyclic amines) is 1. The number of unbranched alkanes of at least 4 members (excludes halogenated alkanes) is 1. The molecule has 1 heterocycles. The maximum Gasteiger partial charge on any atom is 0.305 e. The largest absolute Gasteiger partial charge is 0.481 e. The highest BCUT2D eigenvalue weighted by Crippen LogP contribution is 2.20. The number of rotatable bonds is 42. The lowest BCUT2D eigenvalue weighted by molar-refractivity contribution is -0.143. The van der Waals surface area contributed by atoms with E-state index in [2.05, 4.69) is 63.8 Å². The number of aliphatic hydroxyl groups excluding tert-OH is 1. The summed E-state index contributed by atoms with van der Waals surface area (Å²) >= 11 is 0. The Labute approximate surface area is 569 Å². The number of primary amides is 1. The van der Waals surface area contributed by atoms with Gasteiger partial charge in [0.2, 0.25) is 82.7 Å². The van der Waals surface area contributed by atoms with Gasteiger partial charge in [-0.2, -0.15) is 0 Å². The molecule has 1 unspecified atom stereocenters. The molecule has 98 heavy (non-hydrogen) atoms. The number of aliphatic carboxylic acids is 1. The van der Waals surface area contributed by atoms with Crippen LogP contribution in [0.1, 0.15) is 117 Å². The van der Waals surface area contributed by atoms with E-state index in [4.69, 9.17) is 17.2 Å². The van der Waals surface area contributed by atoms with Crippen LogP contribution in [0.5, 0.6) is 0 Å². The Hall–Kier alpha value is -9.63. The molecule has 1 aliphatic heterocycles. The summed E-state index contributed by atoms with van der Waals surface area (Å²) in [4.78, 5) is 203. The van der Waals surface area contributed by atoms with Gasteiger partial charge in [-0.15, -0.1) is 0 Å². The van der Waals surface area contributed by atoms with Gasteiger partial charge >= 0.3 is 5.97 Å². The maximum atomic E-state index is 14.4. The molecule has 2 aromatic rings. The van der Waals surface area contributed by atoms with Crippen molar-refractivity contribution in [3.63, 3.8) is 0 Å². The number of carbonyl (C=O) groups excluding carboxylic acids is 14. The third-order valence-electron chi connectivity index (χ3n) is 16.1. The van der Waals surface area contributed by atoms with Crippen LogP contribution in [-0.4, -0.2) is 210 Å². The summed E-state index contributed by atoms with van der Waals surface area (Å²) in [5, 5.41) is 49.6. The van der Waals surface area contributed by atoms with Gasteiger partial charge in [0.05, 0.1) is 38.6 Å². The Morgan fingerprint density at radius 3 is 1.64 bits per heavy atom. The van der Waals surface area contributed by atoms with Crippen molar-refractivity contribution < 1.29 is 82.1 Å². The summed E-state index contributed by atoms with van der Waals surface area (Å²) < 4.78 is 0. The van der Waals surface area contributed by atoms with E-state index in [-0.39, 0.29) is 51.1 Å². The molecular formula is C65H100N16O17. The first-order valence-electron chi connectivity index (χ1n) is 32.8. The summed E-state index contributed by atoms with van der Waals surface area (Å²) in [5.74, 6) is -15.1. The van der Waals surface area contributed by atoms with E-state index >= 15 is 0 Å². The Balaban J connectivity index is 1.77. The van der Waals surface area contributed by atoms with Crippen LogP contribution in [0.15, 0.2) is 60.7 Å². The van der Waals surface area contributed by atoms with Gasteiger partial charge in [0.1, 0.15) is 60.4 Å². The third kappa shape index (κ3) is 28.2. The molecule has 542 valence electrons. The van der Waals surface area contributed by atoms with Crippen LogP contribution in [0.25, 0.3) is 0 Å². The van der Waals surface area contributed by atoms with Crippen molar-refractivity contribution in [3.8, 4) is 0 Å². The fourth-order valence-corrected chi connectivity index (χ4v) is 10.4. The van der Waals surface area contributed by atoms with Crippen LogP contribution >= 0.6 is 0 Å². The maximum absolute atomic E-state index is 14.4. The highest BCUT2D eigenvalue weighted by atomic mass is 16.4. The van der Waals surface area contributed by atoms with E-state index < -0.39 is 200 Å². The molecule has 33 heteroatoms. The molecule has 20 N–H and O–H groups in total. The normalized spacial score (nSPS) is 16.0. The number of nitrogens with two attached hydrogens (primary N) is 3. The van der Waals surface area contributed by atoms with Crippen molar-refractivity contribution in [2.24, 2.45) is 35.0 Å². The van der Waals surface area contributed by atoms with Crippen LogP contribution in [-0.2, 0) is 84.8 Å².